The highest BCUT2D eigenvalue weighted by atomic mass is 35.5. The van der Waals surface area contributed by atoms with Crippen LogP contribution in [0.15, 0.2) is 10.6 Å². The smallest absolute Gasteiger partial charge is 0.213 e. The SMILES string of the molecule is Cc1cnc(CNc2nnc(Cl)c(C)c2C)o1. The van der Waals surface area contributed by atoms with Gasteiger partial charge in [-0.2, -0.15) is 0 Å². The van der Waals surface area contributed by atoms with Gasteiger partial charge in [0, 0.05) is 0 Å². The lowest BCUT2D eigenvalue weighted by molar-refractivity contribution is 0.478. The molecule has 0 unspecified atom stereocenters. The third-order valence-corrected chi connectivity index (χ3v) is 2.90. The molecule has 2 aromatic rings. The van der Waals surface area contributed by atoms with E-state index in [2.05, 4.69) is 20.5 Å². The number of nitrogens with zero attached hydrogens (tertiary/aromatic N) is 3. The van der Waals surface area contributed by atoms with Gasteiger partial charge in [-0.1, -0.05) is 11.6 Å². The zero-order valence-corrected chi connectivity index (χ0v) is 10.7. The molecule has 1 N–H and O–H groups in total. The van der Waals surface area contributed by atoms with E-state index in [0.717, 1.165) is 16.9 Å². The highest BCUT2D eigenvalue weighted by Gasteiger charge is 2.08. The summed E-state index contributed by atoms with van der Waals surface area (Å²) in [7, 11) is 0. The minimum absolute atomic E-state index is 0.431. The van der Waals surface area contributed by atoms with Crippen molar-refractivity contribution >= 4 is 17.4 Å². The average molecular weight is 253 g/mol. The highest BCUT2D eigenvalue weighted by molar-refractivity contribution is 6.30. The Bertz CT molecular complexity index is 538. The van der Waals surface area contributed by atoms with Crippen LogP contribution in [0.25, 0.3) is 0 Å². The minimum Gasteiger partial charge on any atom is -0.444 e. The first-order valence-corrected chi connectivity index (χ1v) is 5.60. The van der Waals surface area contributed by atoms with Crippen molar-refractivity contribution in [2.24, 2.45) is 0 Å². The summed E-state index contributed by atoms with van der Waals surface area (Å²) < 4.78 is 5.35. The standard InChI is InChI=1S/C11H13ClN4O/c1-6-4-13-9(17-6)5-14-11-8(3)7(2)10(12)15-16-11/h4H,5H2,1-3H3,(H,14,16). The lowest BCUT2D eigenvalue weighted by atomic mass is 10.2. The fourth-order valence-electron chi connectivity index (χ4n) is 1.39. The molecular weight excluding hydrogens is 240 g/mol. The van der Waals surface area contributed by atoms with Crippen LogP contribution >= 0.6 is 11.6 Å². The molecule has 0 aliphatic rings. The molecule has 2 rings (SSSR count). The molecule has 6 heteroatoms. The Morgan fingerprint density at radius 2 is 2.00 bits per heavy atom. The molecule has 0 bridgehead atoms. The zero-order valence-electron chi connectivity index (χ0n) is 9.91. The van der Waals surface area contributed by atoms with Crippen LogP contribution in [-0.4, -0.2) is 15.2 Å². The second-order valence-corrected chi connectivity index (χ2v) is 4.17. The van der Waals surface area contributed by atoms with Crippen LogP contribution in [0.5, 0.6) is 0 Å². The number of halogens is 1. The number of anilines is 1. The van der Waals surface area contributed by atoms with Crippen LogP contribution in [0.4, 0.5) is 5.82 Å². The molecule has 0 radical (unpaired) electrons. The summed E-state index contributed by atoms with van der Waals surface area (Å²) in [5.74, 6) is 2.11. The molecule has 17 heavy (non-hydrogen) atoms. The lowest BCUT2D eigenvalue weighted by Crippen LogP contribution is -2.06. The van der Waals surface area contributed by atoms with Gasteiger partial charge in [0.1, 0.15) is 5.76 Å². The van der Waals surface area contributed by atoms with Gasteiger partial charge in [-0.15, -0.1) is 10.2 Å². The van der Waals surface area contributed by atoms with Gasteiger partial charge < -0.3 is 9.73 Å². The first kappa shape index (κ1) is 11.9. The fraction of sp³-hybridized carbons (Fsp3) is 0.364. The van der Waals surface area contributed by atoms with Crippen LogP contribution < -0.4 is 5.32 Å². The third-order valence-electron chi connectivity index (χ3n) is 2.54. The summed E-state index contributed by atoms with van der Waals surface area (Å²) in [5.41, 5.74) is 1.90. The maximum absolute atomic E-state index is 5.87. The van der Waals surface area contributed by atoms with E-state index in [9.17, 15) is 0 Å². The lowest BCUT2D eigenvalue weighted by Gasteiger charge is -2.08. The molecule has 0 spiro atoms. The van der Waals surface area contributed by atoms with E-state index in [1.807, 2.05) is 20.8 Å². The summed E-state index contributed by atoms with van der Waals surface area (Å²) in [6.07, 6.45) is 1.68. The molecule has 0 aliphatic heterocycles. The normalized spacial score (nSPS) is 10.6. The molecule has 90 valence electrons. The average Bonchev–Trinajstić information content (AvgIpc) is 2.71. The number of hydrogen-bond acceptors (Lipinski definition) is 5. The van der Waals surface area contributed by atoms with Crippen molar-refractivity contribution < 1.29 is 4.42 Å². The Morgan fingerprint density at radius 3 is 2.65 bits per heavy atom. The Balaban J connectivity index is 2.12. The van der Waals surface area contributed by atoms with Crippen LogP contribution in [0, 0.1) is 20.8 Å². The zero-order chi connectivity index (χ0) is 12.4. The molecule has 5 nitrogen and oxygen atoms in total. The molecule has 0 saturated heterocycles. The van der Waals surface area contributed by atoms with E-state index in [0.29, 0.717) is 23.4 Å². The Hall–Kier alpha value is -1.62. The second-order valence-electron chi connectivity index (χ2n) is 3.81. The number of aryl methyl sites for hydroxylation is 1. The predicted molar refractivity (Wildman–Crippen MR) is 65.1 cm³/mol. The quantitative estimate of drug-likeness (QED) is 0.910. The molecule has 0 atom stereocenters. The maximum atomic E-state index is 5.87. The fourth-order valence-corrected chi connectivity index (χ4v) is 1.57. The molecule has 0 amide bonds. The van der Waals surface area contributed by atoms with Crippen molar-refractivity contribution in [3.8, 4) is 0 Å². The molecule has 0 fully saturated rings. The topological polar surface area (TPSA) is 63.8 Å². The van der Waals surface area contributed by atoms with Crippen molar-refractivity contribution in [2.45, 2.75) is 27.3 Å². The van der Waals surface area contributed by atoms with Gasteiger partial charge in [0.15, 0.2) is 11.0 Å². The van der Waals surface area contributed by atoms with Crippen LogP contribution in [-0.2, 0) is 6.54 Å². The van der Waals surface area contributed by atoms with Gasteiger partial charge in [-0.25, -0.2) is 4.98 Å². The van der Waals surface area contributed by atoms with E-state index in [1.165, 1.54) is 0 Å². The maximum Gasteiger partial charge on any atom is 0.213 e. The molecule has 2 aromatic heterocycles. The van der Waals surface area contributed by atoms with Crippen LogP contribution in [0.1, 0.15) is 22.8 Å². The van der Waals surface area contributed by atoms with Crippen LogP contribution in [0.2, 0.25) is 5.15 Å². The largest absolute Gasteiger partial charge is 0.444 e. The summed E-state index contributed by atoms with van der Waals surface area (Å²) in [6.45, 7) is 6.18. The summed E-state index contributed by atoms with van der Waals surface area (Å²) in [4.78, 5) is 4.10. The Labute approximate surface area is 104 Å². The van der Waals surface area contributed by atoms with Crippen molar-refractivity contribution in [2.75, 3.05) is 5.32 Å². The Kier molecular flexibility index (Phi) is 3.28. The summed E-state index contributed by atoms with van der Waals surface area (Å²) >= 11 is 5.87. The van der Waals surface area contributed by atoms with Gasteiger partial charge >= 0.3 is 0 Å². The van der Waals surface area contributed by atoms with E-state index < -0.39 is 0 Å². The molecule has 0 aliphatic carbocycles. The van der Waals surface area contributed by atoms with Gasteiger partial charge in [0.25, 0.3) is 0 Å². The first-order valence-electron chi connectivity index (χ1n) is 5.22. The van der Waals surface area contributed by atoms with Gasteiger partial charge in [-0.3, -0.25) is 0 Å². The second kappa shape index (κ2) is 4.71. The number of hydrogen-bond donors (Lipinski definition) is 1. The predicted octanol–water partition coefficient (Wildman–Crippen LogP) is 2.66. The van der Waals surface area contributed by atoms with Gasteiger partial charge in [-0.05, 0) is 31.9 Å². The van der Waals surface area contributed by atoms with Crippen molar-refractivity contribution in [1.29, 1.82) is 0 Å². The number of rotatable bonds is 3. The third kappa shape index (κ3) is 2.55. The van der Waals surface area contributed by atoms with Gasteiger partial charge in [0.2, 0.25) is 5.89 Å². The molecule has 0 aromatic carbocycles. The van der Waals surface area contributed by atoms with Gasteiger partial charge in [0.05, 0.1) is 12.7 Å². The summed E-state index contributed by atoms with van der Waals surface area (Å²) in [5, 5.41) is 11.4. The van der Waals surface area contributed by atoms with E-state index >= 15 is 0 Å². The van der Waals surface area contributed by atoms with E-state index in [1.54, 1.807) is 6.20 Å². The van der Waals surface area contributed by atoms with E-state index in [4.69, 9.17) is 16.0 Å². The number of nitrogens with one attached hydrogen (secondary N) is 1. The minimum atomic E-state index is 0.431. The number of aromatic nitrogens is 3. The van der Waals surface area contributed by atoms with Crippen molar-refractivity contribution in [3.05, 3.63) is 34.1 Å². The Morgan fingerprint density at radius 1 is 1.24 bits per heavy atom. The first-order chi connectivity index (χ1) is 8.08. The molecular formula is C11H13ClN4O. The molecule has 2 heterocycles. The molecule has 0 saturated carbocycles. The number of oxazole rings is 1. The van der Waals surface area contributed by atoms with Crippen LogP contribution in [0.3, 0.4) is 0 Å². The highest BCUT2D eigenvalue weighted by Crippen LogP contribution is 2.20. The van der Waals surface area contributed by atoms with Crippen molar-refractivity contribution in [1.82, 2.24) is 15.2 Å². The monoisotopic (exact) mass is 252 g/mol. The summed E-state index contributed by atoms with van der Waals surface area (Å²) in [6, 6.07) is 0. The van der Waals surface area contributed by atoms with Crippen molar-refractivity contribution in [3.63, 3.8) is 0 Å². The van der Waals surface area contributed by atoms with E-state index in [-0.39, 0.29) is 0 Å².